The third-order valence-corrected chi connectivity index (χ3v) is 0. The van der Waals surface area contributed by atoms with E-state index < -0.39 is 16.6 Å². The van der Waals surface area contributed by atoms with Crippen molar-refractivity contribution in [3.8, 4) is 0 Å². The zero-order valence-electron chi connectivity index (χ0n) is 3.92. The van der Waals surface area contributed by atoms with Gasteiger partial charge in [-0.1, -0.05) is 0 Å². The molecule has 0 aliphatic heterocycles. The second kappa shape index (κ2) is 16.2. The van der Waals surface area contributed by atoms with Crippen molar-refractivity contribution < 1.29 is 32.5 Å². The molecule has 62 valence electrons. The molecule has 0 aromatic carbocycles. The number of carbonyl (C=O) groups is 1. The average molecular weight is 248 g/mol. The Morgan fingerprint density at radius 2 is 1.00 bits per heavy atom. The van der Waals surface area contributed by atoms with E-state index in [9.17, 15) is 0 Å². The van der Waals surface area contributed by atoms with Crippen LogP contribution < -0.4 is 0 Å². The standard InChI is InChI=1S/CH2O3.K.2Na.H2O4S.3H/c2-1(3)4;;;;1-5(2,3)4;;;/h(H2,2,3,4);;;;(H2,1,2,3,4);;;. The summed E-state index contributed by atoms with van der Waals surface area (Å²) in [7, 11) is -4.67. The van der Waals surface area contributed by atoms with Gasteiger partial charge in [-0.25, -0.2) is 4.79 Å². The van der Waals surface area contributed by atoms with E-state index in [0.717, 1.165) is 0 Å². The third kappa shape index (κ3) is 230. The minimum atomic E-state index is -4.67. The first-order valence-corrected chi connectivity index (χ1v) is 2.75. The Bertz CT molecular complexity index is 164. The molecule has 0 rings (SSSR count). The van der Waals surface area contributed by atoms with E-state index in [1.165, 1.54) is 0 Å². The molecule has 0 heterocycles. The second-order valence-electron chi connectivity index (χ2n) is 0.730. The maximum atomic E-state index is 8.74. The van der Waals surface area contributed by atoms with Crippen molar-refractivity contribution in [1.82, 2.24) is 0 Å². The van der Waals surface area contributed by atoms with Crippen molar-refractivity contribution >= 4 is 127 Å². The molecule has 0 spiro atoms. The van der Waals surface area contributed by atoms with Crippen molar-refractivity contribution in [2.75, 3.05) is 0 Å². The molecule has 12 heavy (non-hydrogen) atoms. The Labute approximate surface area is 156 Å². The SMILES string of the molecule is O=C(O)O.O=S(=O)(O)O.[KH].[NaH].[NaH]. The van der Waals surface area contributed by atoms with Gasteiger partial charge in [0.25, 0.3) is 0 Å². The molecule has 0 fully saturated rings. The quantitative estimate of drug-likeness (QED) is 0.278. The van der Waals surface area contributed by atoms with Crippen LogP contribution in [0.25, 0.3) is 0 Å². The van der Waals surface area contributed by atoms with Crippen LogP contribution in [0.2, 0.25) is 0 Å². The summed E-state index contributed by atoms with van der Waals surface area (Å²) in [4.78, 5) is 8.56. The summed E-state index contributed by atoms with van der Waals surface area (Å²) in [6.45, 7) is 0. The molecule has 0 aliphatic rings. The van der Waals surface area contributed by atoms with Crippen LogP contribution in [0, 0.1) is 0 Å². The van der Waals surface area contributed by atoms with Crippen LogP contribution in [0.1, 0.15) is 0 Å². The predicted molar refractivity (Wildman–Crippen MR) is 46.3 cm³/mol. The summed E-state index contributed by atoms with van der Waals surface area (Å²) >= 11 is 0. The first-order valence-electron chi connectivity index (χ1n) is 1.35. The van der Waals surface area contributed by atoms with Gasteiger partial charge in [0.05, 0.1) is 0 Å². The topological polar surface area (TPSA) is 132 Å². The van der Waals surface area contributed by atoms with E-state index >= 15 is 0 Å². The molecule has 7 nitrogen and oxygen atoms in total. The molecule has 0 saturated carbocycles. The molecule has 0 aromatic heterocycles. The van der Waals surface area contributed by atoms with Gasteiger partial charge in [-0.05, 0) is 0 Å². The van der Waals surface area contributed by atoms with E-state index in [0.29, 0.717) is 0 Å². The molecule has 0 saturated heterocycles. The van der Waals surface area contributed by atoms with Crippen LogP contribution in [0.15, 0.2) is 0 Å². The van der Waals surface area contributed by atoms with Gasteiger partial charge in [0.1, 0.15) is 0 Å². The fourth-order valence-electron chi connectivity index (χ4n) is 0. The van der Waals surface area contributed by atoms with E-state index in [1.807, 2.05) is 0 Å². The van der Waals surface area contributed by atoms with Gasteiger partial charge in [-0.15, -0.1) is 0 Å². The Hall–Kier alpha value is 2.78. The van der Waals surface area contributed by atoms with Crippen LogP contribution in [0.5, 0.6) is 0 Å². The van der Waals surface area contributed by atoms with E-state index in [4.69, 9.17) is 32.5 Å². The molecule has 0 radical (unpaired) electrons. The summed E-state index contributed by atoms with van der Waals surface area (Å²) in [6, 6.07) is 0. The fourth-order valence-corrected chi connectivity index (χ4v) is 0. The van der Waals surface area contributed by atoms with Gasteiger partial charge >= 0.3 is 127 Å². The van der Waals surface area contributed by atoms with Gasteiger partial charge in [0.15, 0.2) is 0 Å². The summed E-state index contributed by atoms with van der Waals surface area (Å²) in [5.74, 6) is 0. The van der Waals surface area contributed by atoms with Crippen LogP contribution in [-0.4, -0.2) is 144 Å². The van der Waals surface area contributed by atoms with Crippen LogP contribution in [-0.2, 0) is 10.4 Å². The third-order valence-electron chi connectivity index (χ3n) is 0. The molecule has 0 bridgehead atoms. The van der Waals surface area contributed by atoms with Crippen molar-refractivity contribution in [2.24, 2.45) is 0 Å². The average Bonchev–Trinajstić information content (AvgIpc) is 1.19. The summed E-state index contributed by atoms with van der Waals surface area (Å²) in [5, 5.41) is 13.9. The summed E-state index contributed by atoms with van der Waals surface area (Å²) < 4.78 is 31.6. The van der Waals surface area contributed by atoms with Crippen LogP contribution >= 0.6 is 0 Å². The zero-order valence-corrected chi connectivity index (χ0v) is 4.74. The molecular weight excluding hydrogens is 241 g/mol. The molecule has 4 N–H and O–H groups in total. The molecule has 0 aliphatic carbocycles. The molecule has 0 aromatic rings. The van der Waals surface area contributed by atoms with Gasteiger partial charge < -0.3 is 10.2 Å². The fraction of sp³-hybridized carbons (Fsp3) is 0. The van der Waals surface area contributed by atoms with Gasteiger partial charge in [0.2, 0.25) is 0 Å². The van der Waals surface area contributed by atoms with Gasteiger partial charge in [-0.3, -0.25) is 9.11 Å². The normalized spacial score (nSPS) is 6.83. The Morgan fingerprint density at radius 3 is 1.00 bits per heavy atom. The van der Waals surface area contributed by atoms with Crippen molar-refractivity contribution in [3.63, 3.8) is 0 Å². The molecule has 11 heteroatoms. The number of rotatable bonds is 0. The maximum absolute atomic E-state index is 8.74. The molecule has 0 unspecified atom stereocenters. The molecule has 0 atom stereocenters. The Kier molecular flexibility index (Phi) is 39.6. The van der Waals surface area contributed by atoms with Crippen LogP contribution in [0.4, 0.5) is 4.79 Å². The summed E-state index contributed by atoms with van der Waals surface area (Å²) in [5.41, 5.74) is 0. The van der Waals surface area contributed by atoms with Gasteiger partial charge in [-0.2, -0.15) is 8.42 Å². The Morgan fingerprint density at radius 1 is 1.00 bits per heavy atom. The molecular formula is CH7KNa2O7S. The Balaban J connectivity index is -0.0000000221. The van der Waals surface area contributed by atoms with Crippen molar-refractivity contribution in [2.45, 2.75) is 0 Å². The summed E-state index contributed by atoms with van der Waals surface area (Å²) in [6.07, 6.45) is -1.83. The van der Waals surface area contributed by atoms with E-state index in [1.54, 1.807) is 0 Å². The number of hydrogen-bond acceptors (Lipinski definition) is 3. The van der Waals surface area contributed by atoms with Gasteiger partial charge in [0, 0.05) is 0 Å². The molecule has 0 amide bonds. The number of hydrogen-bond donors (Lipinski definition) is 4. The van der Waals surface area contributed by atoms with E-state index in [-0.39, 0.29) is 110 Å². The van der Waals surface area contributed by atoms with Crippen molar-refractivity contribution in [1.29, 1.82) is 0 Å². The minimum absolute atomic E-state index is 0. The van der Waals surface area contributed by atoms with Crippen molar-refractivity contribution in [3.05, 3.63) is 0 Å². The first kappa shape index (κ1) is 29.3. The predicted octanol–water partition coefficient (Wildman–Crippen LogP) is -2.38. The van der Waals surface area contributed by atoms with E-state index in [2.05, 4.69) is 0 Å². The zero-order chi connectivity index (χ0) is 8.08. The number of carboxylic acid groups (broad SMARTS) is 2. The monoisotopic (exact) mass is 248 g/mol. The second-order valence-corrected chi connectivity index (χ2v) is 1.63. The first-order chi connectivity index (χ1) is 3.73. The van der Waals surface area contributed by atoms with Crippen LogP contribution in [0.3, 0.4) is 0 Å².